The summed E-state index contributed by atoms with van der Waals surface area (Å²) in [4.78, 5) is 12.8. The molecule has 0 spiro atoms. The molecular weight excluding hydrogens is 361 g/mol. The minimum atomic E-state index is -0.110. The van der Waals surface area contributed by atoms with Crippen molar-refractivity contribution in [2.75, 3.05) is 5.75 Å². The number of carbonyl (C=O) groups is 1. The summed E-state index contributed by atoms with van der Waals surface area (Å²) in [6, 6.07) is 12.5. The summed E-state index contributed by atoms with van der Waals surface area (Å²) in [5, 5.41) is 4.77. The van der Waals surface area contributed by atoms with Crippen molar-refractivity contribution in [3.8, 4) is 0 Å². The smallest absolute Gasteiger partial charge is 0.230 e. The van der Waals surface area contributed by atoms with Gasteiger partial charge in [0.15, 0.2) is 0 Å². The van der Waals surface area contributed by atoms with Crippen LogP contribution in [0.3, 0.4) is 0 Å². The minimum absolute atomic E-state index is 0.0754. The van der Waals surface area contributed by atoms with Crippen LogP contribution in [0.25, 0.3) is 0 Å². The molecule has 0 saturated carbocycles. The van der Waals surface area contributed by atoms with Crippen molar-refractivity contribution >= 4 is 52.5 Å². The third-order valence-electron chi connectivity index (χ3n) is 2.98. The number of hydrogen-bond donors (Lipinski definition) is 1. The number of rotatable bonds is 5. The zero-order valence-electron chi connectivity index (χ0n) is 11.8. The Balaban J connectivity index is 1.91. The first-order chi connectivity index (χ1) is 10.5. The summed E-state index contributed by atoms with van der Waals surface area (Å²) in [6.07, 6.45) is 0. The Morgan fingerprint density at radius 3 is 2.59 bits per heavy atom. The predicted octanol–water partition coefficient (Wildman–Crippen LogP) is 5.62. The molecule has 0 fully saturated rings. The fourth-order valence-corrected chi connectivity index (χ4v) is 3.38. The molecule has 6 heteroatoms. The maximum Gasteiger partial charge on any atom is 0.230 e. The molecule has 0 aliphatic heterocycles. The summed E-state index contributed by atoms with van der Waals surface area (Å²) in [6.45, 7) is 1.92. The second kappa shape index (κ2) is 8.11. The highest BCUT2D eigenvalue weighted by Crippen LogP contribution is 2.29. The molecule has 1 atom stereocenters. The molecule has 2 aromatic carbocycles. The summed E-state index contributed by atoms with van der Waals surface area (Å²) in [7, 11) is 0. The van der Waals surface area contributed by atoms with Gasteiger partial charge >= 0.3 is 0 Å². The molecule has 0 radical (unpaired) electrons. The highest BCUT2D eigenvalue weighted by atomic mass is 35.5. The van der Waals surface area contributed by atoms with Gasteiger partial charge in [0, 0.05) is 14.9 Å². The van der Waals surface area contributed by atoms with Crippen molar-refractivity contribution in [1.82, 2.24) is 5.32 Å². The summed E-state index contributed by atoms with van der Waals surface area (Å²) < 4.78 is 0. The first kappa shape index (κ1) is 17.5. The van der Waals surface area contributed by atoms with Crippen LogP contribution in [0.15, 0.2) is 47.4 Å². The van der Waals surface area contributed by atoms with Crippen molar-refractivity contribution < 1.29 is 4.79 Å². The van der Waals surface area contributed by atoms with E-state index in [0.29, 0.717) is 15.1 Å². The van der Waals surface area contributed by atoms with Crippen molar-refractivity contribution in [3.05, 3.63) is 63.1 Å². The Kier molecular flexibility index (Phi) is 6.45. The minimum Gasteiger partial charge on any atom is -0.349 e. The summed E-state index contributed by atoms with van der Waals surface area (Å²) in [5.74, 6) is 0.193. The van der Waals surface area contributed by atoms with E-state index < -0.39 is 0 Å². The molecule has 0 saturated heterocycles. The van der Waals surface area contributed by atoms with Gasteiger partial charge in [-0.25, -0.2) is 0 Å². The molecule has 0 aliphatic carbocycles. The summed E-state index contributed by atoms with van der Waals surface area (Å²) >= 11 is 19.3. The van der Waals surface area contributed by atoms with E-state index in [1.807, 2.05) is 25.1 Å². The predicted molar refractivity (Wildman–Crippen MR) is 95.2 cm³/mol. The van der Waals surface area contributed by atoms with E-state index >= 15 is 0 Å². The van der Waals surface area contributed by atoms with Gasteiger partial charge in [-0.1, -0.05) is 46.9 Å². The Bertz CT molecular complexity index is 678. The molecule has 0 aromatic heterocycles. The highest BCUT2D eigenvalue weighted by Gasteiger charge is 2.11. The molecule has 116 valence electrons. The molecule has 2 aromatic rings. The van der Waals surface area contributed by atoms with Crippen LogP contribution >= 0.6 is 46.6 Å². The van der Waals surface area contributed by atoms with Crippen LogP contribution in [-0.2, 0) is 4.79 Å². The van der Waals surface area contributed by atoms with Gasteiger partial charge in [-0.3, -0.25) is 4.79 Å². The van der Waals surface area contributed by atoms with E-state index in [4.69, 9.17) is 34.8 Å². The maximum absolute atomic E-state index is 12.0. The van der Waals surface area contributed by atoms with Crippen molar-refractivity contribution in [3.63, 3.8) is 0 Å². The Hall–Kier alpha value is -0.870. The zero-order chi connectivity index (χ0) is 16.1. The molecule has 0 heterocycles. The second-order valence-electron chi connectivity index (χ2n) is 4.71. The van der Waals surface area contributed by atoms with Gasteiger partial charge in [-0.05, 0) is 42.8 Å². The standard InChI is InChI=1S/C16H14Cl3NOS/c1-10(11-3-2-4-12(17)7-11)20-16(21)9-22-15-8-13(18)5-6-14(15)19/h2-8,10H,9H2,1H3,(H,20,21)/t10-/m1/s1. The third kappa shape index (κ3) is 5.10. The topological polar surface area (TPSA) is 29.1 Å². The van der Waals surface area contributed by atoms with E-state index in [1.54, 1.807) is 24.3 Å². The fourth-order valence-electron chi connectivity index (χ4n) is 1.87. The lowest BCUT2D eigenvalue weighted by Crippen LogP contribution is -2.28. The van der Waals surface area contributed by atoms with Gasteiger partial charge in [0.2, 0.25) is 5.91 Å². The zero-order valence-corrected chi connectivity index (χ0v) is 14.9. The van der Waals surface area contributed by atoms with E-state index in [9.17, 15) is 4.79 Å². The number of carbonyl (C=O) groups excluding carboxylic acids is 1. The van der Waals surface area contributed by atoms with E-state index in [0.717, 1.165) is 10.5 Å². The largest absolute Gasteiger partial charge is 0.349 e. The number of hydrogen-bond acceptors (Lipinski definition) is 2. The fraction of sp³-hybridized carbons (Fsp3) is 0.188. The third-order valence-corrected chi connectivity index (χ3v) is 4.95. The number of benzene rings is 2. The van der Waals surface area contributed by atoms with Crippen molar-refractivity contribution in [1.29, 1.82) is 0 Å². The highest BCUT2D eigenvalue weighted by molar-refractivity contribution is 8.00. The van der Waals surface area contributed by atoms with Gasteiger partial charge in [-0.2, -0.15) is 0 Å². The Morgan fingerprint density at radius 1 is 1.14 bits per heavy atom. The molecule has 1 N–H and O–H groups in total. The quantitative estimate of drug-likeness (QED) is 0.688. The monoisotopic (exact) mass is 373 g/mol. The van der Waals surface area contributed by atoms with Gasteiger partial charge in [0.05, 0.1) is 16.8 Å². The Morgan fingerprint density at radius 2 is 1.86 bits per heavy atom. The number of halogens is 3. The van der Waals surface area contributed by atoms with Crippen LogP contribution in [0.5, 0.6) is 0 Å². The van der Waals surface area contributed by atoms with Crippen LogP contribution in [0.1, 0.15) is 18.5 Å². The van der Waals surface area contributed by atoms with E-state index in [2.05, 4.69) is 5.32 Å². The van der Waals surface area contributed by atoms with E-state index in [-0.39, 0.29) is 17.7 Å². The molecule has 0 bridgehead atoms. The number of amides is 1. The molecular formula is C16H14Cl3NOS. The first-order valence-corrected chi connectivity index (χ1v) is 8.70. The van der Waals surface area contributed by atoms with Crippen LogP contribution in [-0.4, -0.2) is 11.7 Å². The molecule has 0 unspecified atom stereocenters. The SMILES string of the molecule is C[C@@H](NC(=O)CSc1cc(Cl)ccc1Cl)c1cccc(Cl)c1. The normalized spacial score (nSPS) is 12.0. The average Bonchev–Trinajstić information content (AvgIpc) is 2.48. The molecule has 2 rings (SSSR count). The van der Waals surface area contributed by atoms with Gasteiger partial charge in [0.25, 0.3) is 0 Å². The summed E-state index contributed by atoms with van der Waals surface area (Å²) in [5.41, 5.74) is 0.964. The molecule has 22 heavy (non-hydrogen) atoms. The lowest BCUT2D eigenvalue weighted by atomic mass is 10.1. The van der Waals surface area contributed by atoms with E-state index in [1.165, 1.54) is 11.8 Å². The molecule has 2 nitrogen and oxygen atoms in total. The Labute approximate surface area is 149 Å². The average molecular weight is 375 g/mol. The molecule has 0 aliphatic rings. The molecule has 1 amide bonds. The van der Waals surface area contributed by atoms with Gasteiger partial charge in [0.1, 0.15) is 0 Å². The van der Waals surface area contributed by atoms with Gasteiger partial charge < -0.3 is 5.32 Å². The van der Waals surface area contributed by atoms with Crippen molar-refractivity contribution in [2.45, 2.75) is 17.9 Å². The second-order valence-corrected chi connectivity index (χ2v) is 7.00. The lowest BCUT2D eigenvalue weighted by Gasteiger charge is -2.14. The van der Waals surface area contributed by atoms with Crippen molar-refractivity contribution in [2.24, 2.45) is 0 Å². The van der Waals surface area contributed by atoms with Crippen LogP contribution in [0.4, 0.5) is 0 Å². The van der Waals surface area contributed by atoms with Crippen LogP contribution in [0, 0.1) is 0 Å². The number of nitrogens with one attached hydrogen (secondary N) is 1. The maximum atomic E-state index is 12.0. The van der Waals surface area contributed by atoms with Crippen LogP contribution in [0.2, 0.25) is 15.1 Å². The van der Waals surface area contributed by atoms with Gasteiger partial charge in [-0.15, -0.1) is 11.8 Å². The first-order valence-electron chi connectivity index (χ1n) is 6.58. The number of thioether (sulfide) groups is 1. The lowest BCUT2D eigenvalue weighted by molar-refractivity contribution is -0.119. The van der Waals surface area contributed by atoms with Crippen LogP contribution < -0.4 is 5.32 Å².